The van der Waals surface area contributed by atoms with Crippen molar-refractivity contribution >= 4 is 11.5 Å². The van der Waals surface area contributed by atoms with E-state index >= 15 is 0 Å². The maximum Gasteiger partial charge on any atom is 0.214 e. The lowest BCUT2D eigenvalue weighted by atomic mass is 10.1. The fourth-order valence-corrected chi connectivity index (χ4v) is 3.70. The van der Waals surface area contributed by atoms with Crippen LogP contribution in [0.15, 0.2) is 29.6 Å². The van der Waals surface area contributed by atoms with Crippen LogP contribution < -0.4 is 9.64 Å². The molecule has 4 heterocycles. The molecule has 8 nitrogen and oxygen atoms in total. The van der Waals surface area contributed by atoms with Crippen LogP contribution in [0.4, 0.5) is 5.82 Å². The minimum absolute atomic E-state index is 0.0595. The van der Waals surface area contributed by atoms with Gasteiger partial charge in [0.25, 0.3) is 0 Å². The van der Waals surface area contributed by atoms with Gasteiger partial charge < -0.3 is 19.6 Å². The highest BCUT2D eigenvalue weighted by Crippen LogP contribution is 2.27. The van der Waals surface area contributed by atoms with Crippen molar-refractivity contribution in [1.29, 1.82) is 0 Å². The van der Waals surface area contributed by atoms with E-state index in [1.807, 2.05) is 51.2 Å². The topological polar surface area (TPSA) is 87.0 Å². The molecular formula is C20H26N6O2. The normalized spacial score (nSPS) is 21.4. The summed E-state index contributed by atoms with van der Waals surface area (Å²) in [6, 6.07) is 3.97. The smallest absolute Gasteiger partial charge is 0.214 e. The number of rotatable bonds is 5. The first-order valence-electron chi connectivity index (χ1n) is 9.54. The first kappa shape index (κ1) is 18.8. The number of aliphatic imine (C=N–C) groups is 1. The quantitative estimate of drug-likeness (QED) is 0.829. The van der Waals surface area contributed by atoms with E-state index in [4.69, 9.17) is 4.74 Å². The summed E-state index contributed by atoms with van der Waals surface area (Å²) in [6.07, 6.45) is 3.04. The van der Waals surface area contributed by atoms with Gasteiger partial charge in [0.1, 0.15) is 12.1 Å². The molecule has 0 unspecified atom stereocenters. The molecule has 2 aliphatic rings. The van der Waals surface area contributed by atoms with E-state index in [0.717, 1.165) is 34.9 Å². The summed E-state index contributed by atoms with van der Waals surface area (Å²) in [7, 11) is 3.97. The average molecular weight is 382 g/mol. The maximum absolute atomic E-state index is 10.3. The summed E-state index contributed by atoms with van der Waals surface area (Å²) in [5.74, 6) is 1.39. The molecule has 8 heteroatoms. The summed E-state index contributed by atoms with van der Waals surface area (Å²) in [5, 5.41) is 10.3. The summed E-state index contributed by atoms with van der Waals surface area (Å²) in [5.41, 5.74) is 3.67. The number of aromatic nitrogens is 3. The van der Waals surface area contributed by atoms with Gasteiger partial charge in [-0.05, 0) is 27.9 Å². The number of β-amino-alcohol motifs (C(OH)–C–C–N with tert-alkyl or cyclic N) is 1. The molecule has 1 saturated heterocycles. The lowest BCUT2D eigenvalue weighted by molar-refractivity contribution is 0.114. The number of anilines is 1. The molecular weight excluding hydrogens is 356 g/mol. The molecule has 1 N–H and O–H groups in total. The molecule has 2 aromatic rings. The van der Waals surface area contributed by atoms with Gasteiger partial charge in [-0.2, -0.15) is 0 Å². The second kappa shape index (κ2) is 7.44. The molecule has 2 aromatic heterocycles. The van der Waals surface area contributed by atoms with Crippen molar-refractivity contribution in [3.63, 3.8) is 0 Å². The number of likely N-dealkylation sites (N-methyl/N-ethyl adjacent to an activating group) is 1. The number of hydrogen-bond acceptors (Lipinski definition) is 8. The number of ether oxygens (including phenoxy) is 1. The van der Waals surface area contributed by atoms with E-state index in [2.05, 4.69) is 24.8 Å². The molecule has 2 atom stereocenters. The third-order valence-corrected chi connectivity index (χ3v) is 5.12. The van der Waals surface area contributed by atoms with Crippen molar-refractivity contribution in [3.05, 3.63) is 41.5 Å². The fourth-order valence-electron chi connectivity index (χ4n) is 3.70. The lowest BCUT2D eigenvalue weighted by Gasteiger charge is -2.22. The van der Waals surface area contributed by atoms with Gasteiger partial charge in [-0.15, -0.1) is 0 Å². The van der Waals surface area contributed by atoms with Crippen molar-refractivity contribution in [2.75, 3.05) is 32.1 Å². The number of nitrogens with zero attached hydrogens (tertiary/aromatic N) is 6. The molecule has 0 spiro atoms. The van der Waals surface area contributed by atoms with E-state index in [1.54, 1.807) is 6.33 Å². The third kappa shape index (κ3) is 3.57. The summed E-state index contributed by atoms with van der Waals surface area (Å²) in [4.78, 5) is 22.1. The second-order valence-electron chi connectivity index (χ2n) is 7.78. The van der Waals surface area contributed by atoms with Crippen LogP contribution in [0.3, 0.4) is 0 Å². The zero-order valence-electron chi connectivity index (χ0n) is 16.7. The van der Waals surface area contributed by atoms with Crippen molar-refractivity contribution in [2.45, 2.75) is 38.6 Å². The summed E-state index contributed by atoms with van der Waals surface area (Å²) < 4.78 is 5.74. The van der Waals surface area contributed by atoms with Crippen molar-refractivity contribution in [1.82, 2.24) is 19.9 Å². The predicted molar refractivity (Wildman–Crippen MR) is 107 cm³/mol. The third-order valence-electron chi connectivity index (χ3n) is 5.12. The fraction of sp³-hybridized carbons (Fsp3) is 0.500. The Morgan fingerprint density at radius 1 is 1.18 bits per heavy atom. The van der Waals surface area contributed by atoms with Gasteiger partial charge in [0.2, 0.25) is 5.88 Å². The van der Waals surface area contributed by atoms with Crippen molar-refractivity contribution < 1.29 is 9.84 Å². The lowest BCUT2D eigenvalue weighted by Crippen LogP contribution is -2.38. The largest absolute Gasteiger partial charge is 0.475 e. The Labute approximate surface area is 164 Å². The van der Waals surface area contributed by atoms with Crippen LogP contribution in [-0.4, -0.2) is 76.1 Å². The minimum atomic E-state index is -0.403. The summed E-state index contributed by atoms with van der Waals surface area (Å²) >= 11 is 0. The molecule has 148 valence electrons. The van der Waals surface area contributed by atoms with E-state index in [-0.39, 0.29) is 12.1 Å². The van der Waals surface area contributed by atoms with Crippen LogP contribution in [0.25, 0.3) is 0 Å². The molecule has 0 radical (unpaired) electrons. The number of aliphatic hydroxyl groups excluding tert-OH is 1. The number of pyridine rings is 1. The molecule has 28 heavy (non-hydrogen) atoms. The van der Waals surface area contributed by atoms with Gasteiger partial charge in [0.15, 0.2) is 0 Å². The van der Waals surface area contributed by atoms with Crippen molar-refractivity contribution in [3.8, 4) is 5.88 Å². The Morgan fingerprint density at radius 2 is 2.00 bits per heavy atom. The first-order chi connectivity index (χ1) is 13.4. The highest BCUT2D eigenvalue weighted by Gasteiger charge is 2.33. The molecule has 0 aromatic carbocycles. The molecule has 0 bridgehead atoms. The van der Waals surface area contributed by atoms with Crippen LogP contribution in [0, 0.1) is 0 Å². The van der Waals surface area contributed by atoms with E-state index in [9.17, 15) is 5.11 Å². The second-order valence-corrected chi connectivity index (χ2v) is 7.78. The SMILES string of the molecule is CC(C)Oc1cc2c(cn1)CN=C2c1cc(N2C[C@H](O)[C@@H](N(C)C)C2)ncn1. The Morgan fingerprint density at radius 3 is 2.71 bits per heavy atom. The molecule has 2 aliphatic heterocycles. The predicted octanol–water partition coefficient (Wildman–Crippen LogP) is 1.12. The van der Waals surface area contributed by atoms with Crippen LogP contribution >= 0.6 is 0 Å². The van der Waals surface area contributed by atoms with Gasteiger partial charge in [-0.1, -0.05) is 0 Å². The van der Waals surface area contributed by atoms with Crippen LogP contribution in [-0.2, 0) is 6.54 Å². The first-order valence-corrected chi connectivity index (χ1v) is 9.54. The number of aliphatic hydroxyl groups is 1. The number of fused-ring (bicyclic) bond motifs is 1. The number of hydrogen-bond donors (Lipinski definition) is 1. The minimum Gasteiger partial charge on any atom is -0.475 e. The van der Waals surface area contributed by atoms with Gasteiger partial charge in [0.05, 0.1) is 36.2 Å². The Bertz CT molecular complexity index is 898. The summed E-state index contributed by atoms with van der Waals surface area (Å²) in [6.45, 7) is 5.82. The highest BCUT2D eigenvalue weighted by molar-refractivity contribution is 6.14. The van der Waals surface area contributed by atoms with Crippen LogP contribution in [0.5, 0.6) is 5.88 Å². The molecule has 0 saturated carbocycles. The van der Waals surface area contributed by atoms with Crippen LogP contribution in [0.2, 0.25) is 0 Å². The molecule has 0 aliphatic carbocycles. The van der Waals surface area contributed by atoms with Crippen LogP contribution in [0.1, 0.15) is 30.7 Å². The van der Waals surface area contributed by atoms with E-state index in [1.165, 1.54) is 0 Å². The molecule has 0 amide bonds. The zero-order chi connectivity index (χ0) is 19.8. The average Bonchev–Trinajstić information content (AvgIpc) is 3.24. The van der Waals surface area contributed by atoms with E-state index < -0.39 is 6.10 Å². The van der Waals surface area contributed by atoms with Gasteiger partial charge >= 0.3 is 0 Å². The highest BCUT2D eigenvalue weighted by atomic mass is 16.5. The molecule has 1 fully saturated rings. The zero-order valence-corrected chi connectivity index (χ0v) is 16.7. The standard InChI is InChI=1S/C20H26N6O2/c1-12(2)28-19-5-14-13(7-21-19)8-22-20(14)15-6-18(24-11-23-15)26-9-16(25(3)4)17(27)10-26/h5-7,11-12,16-17,27H,8-10H2,1-4H3/t16-,17-/m0/s1. The van der Waals surface area contributed by atoms with Crippen molar-refractivity contribution in [2.24, 2.45) is 4.99 Å². The Kier molecular flexibility index (Phi) is 4.99. The Balaban J connectivity index is 1.60. The Hall–Kier alpha value is -2.58. The van der Waals surface area contributed by atoms with Gasteiger partial charge in [0, 0.05) is 42.5 Å². The van der Waals surface area contributed by atoms with E-state index in [0.29, 0.717) is 19.0 Å². The van der Waals surface area contributed by atoms with Gasteiger partial charge in [-0.3, -0.25) is 4.99 Å². The monoisotopic (exact) mass is 382 g/mol. The van der Waals surface area contributed by atoms with Gasteiger partial charge in [-0.25, -0.2) is 15.0 Å². The maximum atomic E-state index is 10.3. The molecule has 4 rings (SSSR count).